The molecule has 94 valence electrons. The van der Waals surface area contributed by atoms with Gasteiger partial charge in [0.25, 0.3) is 0 Å². The molecule has 3 fully saturated rings. The number of hydrogen-bond acceptors (Lipinski definition) is 4. The van der Waals surface area contributed by atoms with Crippen molar-refractivity contribution < 1.29 is 9.47 Å². The van der Waals surface area contributed by atoms with Gasteiger partial charge in [0.2, 0.25) is 0 Å². The zero-order valence-electron chi connectivity index (χ0n) is 9.26. The molecule has 0 amide bonds. The number of hydrogen-bond donors (Lipinski definition) is 0. The van der Waals surface area contributed by atoms with Crippen LogP contribution in [0, 0.1) is 0 Å². The van der Waals surface area contributed by atoms with E-state index in [0.717, 1.165) is 28.2 Å². The Balaban J connectivity index is 1.50. The summed E-state index contributed by atoms with van der Waals surface area (Å²) < 4.78 is 10.7. The second-order valence-electron chi connectivity index (χ2n) is 4.24. The first-order valence-corrected chi connectivity index (χ1v) is 16.6. The Morgan fingerprint density at radius 3 is 1.94 bits per heavy atom. The van der Waals surface area contributed by atoms with E-state index in [9.17, 15) is 0 Å². The van der Waals surface area contributed by atoms with Gasteiger partial charge >= 0.3 is 114 Å². The molecule has 3 heterocycles. The van der Waals surface area contributed by atoms with Crippen molar-refractivity contribution in [2.45, 2.75) is 33.5 Å². The van der Waals surface area contributed by atoms with Crippen LogP contribution in [0.5, 0.6) is 0 Å². The van der Waals surface area contributed by atoms with E-state index in [-0.39, 0.29) is 0 Å². The van der Waals surface area contributed by atoms with Gasteiger partial charge in [0.05, 0.1) is 0 Å². The minimum absolute atomic E-state index is 0.615. The molecule has 16 heavy (non-hydrogen) atoms. The molecule has 0 aromatic carbocycles. The van der Waals surface area contributed by atoms with Gasteiger partial charge in [-0.1, -0.05) is 0 Å². The summed E-state index contributed by atoms with van der Waals surface area (Å²) in [6.45, 7) is 2.06. The van der Waals surface area contributed by atoms with E-state index in [0.29, 0.717) is 12.2 Å². The van der Waals surface area contributed by atoms with Gasteiger partial charge in [-0.05, 0) is 0 Å². The molecule has 3 aliphatic rings. The molecule has 0 aromatic heterocycles. The summed E-state index contributed by atoms with van der Waals surface area (Å²) in [6, 6.07) is 0. The third kappa shape index (κ3) is 3.83. The molecule has 0 saturated carbocycles. The molecule has 2 atom stereocenters. The normalized spacial score (nSPS) is 38.0. The Morgan fingerprint density at radius 2 is 1.50 bits per heavy atom. The van der Waals surface area contributed by atoms with E-state index in [1.807, 2.05) is 0 Å². The monoisotopic (exact) mass is 394 g/mol. The average molecular weight is 392 g/mol. The molecular formula is C10H18O2S2Se2. The fourth-order valence-electron chi connectivity index (χ4n) is 1.57. The van der Waals surface area contributed by atoms with Crippen LogP contribution in [-0.2, 0) is 9.47 Å². The molecule has 0 radical (unpaired) electrons. The summed E-state index contributed by atoms with van der Waals surface area (Å²) in [6.07, 6.45) is 1.23. The standard InChI is InChI=1S/C10H18O2S2Se2/c1-3-16(4-2-15-1,13-7-9-5-11-9)14-8-10-6-12-10/h9-10H,1-8H2. The van der Waals surface area contributed by atoms with Crippen molar-refractivity contribution in [3.05, 3.63) is 0 Å². The third-order valence-corrected chi connectivity index (χ3v) is 26.4. The first-order valence-electron chi connectivity index (χ1n) is 5.75. The maximum absolute atomic E-state index is 5.36. The van der Waals surface area contributed by atoms with Gasteiger partial charge in [0.15, 0.2) is 0 Å². The predicted octanol–water partition coefficient (Wildman–Crippen LogP) is 2.25. The molecule has 3 aliphatic heterocycles. The summed E-state index contributed by atoms with van der Waals surface area (Å²) in [5.41, 5.74) is 0. The van der Waals surface area contributed by atoms with E-state index >= 15 is 0 Å². The summed E-state index contributed by atoms with van der Waals surface area (Å²) in [4.78, 5) is 0. The maximum atomic E-state index is 5.36. The molecule has 0 bridgehead atoms. The molecule has 0 N–H and O–H groups in total. The van der Waals surface area contributed by atoms with E-state index in [2.05, 4.69) is 20.4 Å². The van der Waals surface area contributed by atoms with Crippen LogP contribution in [0.1, 0.15) is 0 Å². The molecule has 0 aliphatic carbocycles. The zero-order chi connectivity index (χ0) is 10.8. The summed E-state index contributed by atoms with van der Waals surface area (Å²) in [7, 11) is 3.43. The summed E-state index contributed by atoms with van der Waals surface area (Å²) >= 11 is 0.966. The van der Waals surface area contributed by atoms with Crippen molar-refractivity contribution in [1.29, 1.82) is 0 Å². The van der Waals surface area contributed by atoms with E-state index in [1.165, 1.54) is 11.5 Å². The van der Waals surface area contributed by atoms with Crippen molar-refractivity contribution in [3.8, 4) is 0 Å². The second kappa shape index (κ2) is 5.75. The van der Waals surface area contributed by atoms with Crippen molar-refractivity contribution in [1.82, 2.24) is 0 Å². The van der Waals surface area contributed by atoms with Crippen molar-refractivity contribution in [2.75, 3.05) is 24.7 Å². The van der Waals surface area contributed by atoms with Crippen LogP contribution in [0.25, 0.3) is 0 Å². The Bertz CT molecular complexity index is 223. The number of ether oxygens (including phenoxy) is 2. The first-order chi connectivity index (χ1) is 7.86. The molecule has 3 saturated heterocycles. The van der Waals surface area contributed by atoms with Gasteiger partial charge < -0.3 is 0 Å². The zero-order valence-corrected chi connectivity index (χ0v) is 14.3. The molecule has 2 unspecified atom stereocenters. The molecule has 3 rings (SSSR count). The van der Waals surface area contributed by atoms with Gasteiger partial charge in [0, 0.05) is 0 Å². The number of epoxide rings is 2. The van der Waals surface area contributed by atoms with Gasteiger partial charge in [-0.2, -0.15) is 0 Å². The molecule has 0 spiro atoms. The van der Waals surface area contributed by atoms with Crippen LogP contribution in [0.15, 0.2) is 0 Å². The van der Waals surface area contributed by atoms with Gasteiger partial charge in [-0.3, -0.25) is 0 Å². The Hall–Kier alpha value is 1.66. The summed E-state index contributed by atoms with van der Waals surface area (Å²) in [5.74, 6) is 2.57. The average Bonchev–Trinajstić information content (AvgIpc) is 3.18. The first kappa shape index (κ1) is 12.7. The minimum atomic E-state index is -1.23. The van der Waals surface area contributed by atoms with Crippen LogP contribution in [0.4, 0.5) is 0 Å². The topological polar surface area (TPSA) is 25.1 Å². The van der Waals surface area contributed by atoms with Crippen molar-refractivity contribution >= 4 is 45.9 Å². The molecule has 6 heteroatoms. The van der Waals surface area contributed by atoms with Crippen molar-refractivity contribution in [3.63, 3.8) is 0 Å². The van der Waals surface area contributed by atoms with Crippen LogP contribution in [0.3, 0.4) is 0 Å². The fraction of sp³-hybridized carbons (Fsp3) is 1.00. The van der Waals surface area contributed by atoms with E-state index < -0.39 is 10.6 Å². The Morgan fingerprint density at radius 1 is 1.00 bits per heavy atom. The summed E-state index contributed by atoms with van der Waals surface area (Å²) in [5, 5.41) is 6.24. The second-order valence-corrected chi connectivity index (χ2v) is 23.5. The molecular weight excluding hydrogens is 374 g/mol. The van der Waals surface area contributed by atoms with Crippen molar-refractivity contribution in [2.24, 2.45) is 0 Å². The van der Waals surface area contributed by atoms with E-state index in [4.69, 9.17) is 9.47 Å². The van der Waals surface area contributed by atoms with Crippen LogP contribution in [0.2, 0.25) is 21.3 Å². The van der Waals surface area contributed by atoms with Gasteiger partial charge in [0.1, 0.15) is 0 Å². The Kier molecular flexibility index (Phi) is 4.56. The SMILES string of the molecule is C1C[Se](SCC2CO2)(SCC2CO2)CC[Se]1. The van der Waals surface area contributed by atoms with Crippen LogP contribution >= 0.6 is 20.4 Å². The van der Waals surface area contributed by atoms with Crippen LogP contribution < -0.4 is 0 Å². The van der Waals surface area contributed by atoms with Gasteiger partial charge in [-0.25, -0.2) is 0 Å². The van der Waals surface area contributed by atoms with Crippen LogP contribution in [-0.4, -0.2) is 62.5 Å². The Labute approximate surface area is 113 Å². The molecule has 2 nitrogen and oxygen atoms in total. The predicted molar refractivity (Wildman–Crippen MR) is 75.1 cm³/mol. The quantitative estimate of drug-likeness (QED) is 0.512. The molecule has 0 aromatic rings. The number of rotatable bonds is 6. The fourth-order valence-corrected chi connectivity index (χ4v) is 32.4. The van der Waals surface area contributed by atoms with Gasteiger partial charge in [-0.15, -0.1) is 0 Å². The van der Waals surface area contributed by atoms with E-state index in [1.54, 1.807) is 21.3 Å². The third-order valence-electron chi connectivity index (χ3n) is 2.82.